The first-order chi connectivity index (χ1) is 6.36. The van der Waals surface area contributed by atoms with Crippen LogP contribution in [-0.4, -0.2) is 31.5 Å². The maximum atomic E-state index is 11.3. The number of esters is 1. The van der Waals surface area contributed by atoms with Crippen LogP contribution in [-0.2, 0) is 9.53 Å². The predicted octanol–water partition coefficient (Wildman–Crippen LogP) is 0.509. The number of carbonyl (C=O) groups is 1. The molecule has 0 N–H and O–H groups in total. The Morgan fingerprint density at radius 2 is 2.00 bits per heavy atom. The minimum Gasteiger partial charge on any atom is -0.422 e. The van der Waals surface area contributed by atoms with Gasteiger partial charge >= 0.3 is 5.97 Å². The minimum absolute atomic E-state index is 0.360. The summed E-state index contributed by atoms with van der Waals surface area (Å²) >= 11 is 0. The quantitative estimate of drug-likeness (QED) is 0.575. The number of hydrogen-bond donors (Lipinski definition) is 0. The lowest BCUT2D eigenvalue weighted by molar-refractivity contribution is -0.133. The molecule has 2 heterocycles. The van der Waals surface area contributed by atoms with E-state index in [0.717, 1.165) is 0 Å². The Balaban J connectivity index is 1.98. The number of nitrogens with zero attached hydrogens (tertiary/aromatic N) is 2. The third-order valence-corrected chi connectivity index (χ3v) is 1.71. The molecule has 2 rings (SSSR count). The van der Waals surface area contributed by atoms with Crippen LogP contribution in [0, 0.1) is 0 Å². The van der Waals surface area contributed by atoms with Gasteiger partial charge in [0, 0.05) is 6.21 Å². The van der Waals surface area contributed by atoms with Crippen molar-refractivity contribution in [3.8, 4) is 0 Å². The first kappa shape index (κ1) is 7.91. The maximum Gasteiger partial charge on any atom is 0.344 e. The van der Waals surface area contributed by atoms with Crippen LogP contribution >= 0.6 is 0 Å². The van der Waals surface area contributed by atoms with E-state index in [2.05, 4.69) is 9.98 Å². The zero-order valence-corrected chi connectivity index (χ0v) is 6.93. The molecule has 0 unspecified atom stereocenters. The fourth-order valence-corrected chi connectivity index (χ4v) is 1.06. The molecule has 0 aromatic carbocycles. The molecule has 0 spiro atoms. The van der Waals surface area contributed by atoms with Crippen molar-refractivity contribution >= 4 is 18.4 Å². The summed E-state index contributed by atoms with van der Waals surface area (Å²) in [7, 11) is 0. The van der Waals surface area contributed by atoms with Crippen molar-refractivity contribution in [2.45, 2.75) is 0 Å². The summed E-state index contributed by atoms with van der Waals surface area (Å²) < 4.78 is 5.01. The van der Waals surface area contributed by atoms with E-state index in [4.69, 9.17) is 4.74 Å². The largest absolute Gasteiger partial charge is 0.422 e. The highest BCUT2D eigenvalue weighted by Gasteiger charge is 2.13. The van der Waals surface area contributed by atoms with Crippen LogP contribution < -0.4 is 0 Å². The average molecular weight is 176 g/mol. The van der Waals surface area contributed by atoms with E-state index >= 15 is 0 Å². The van der Waals surface area contributed by atoms with Crippen LogP contribution in [0.15, 0.2) is 33.5 Å². The molecule has 2 aliphatic heterocycles. The molecular formula is C9H8N2O2. The van der Waals surface area contributed by atoms with Gasteiger partial charge in [-0.3, -0.25) is 9.98 Å². The number of hydrogen-bond acceptors (Lipinski definition) is 4. The molecule has 0 atom stereocenters. The van der Waals surface area contributed by atoms with Crippen LogP contribution in [0.4, 0.5) is 0 Å². The molecule has 0 saturated carbocycles. The van der Waals surface area contributed by atoms with E-state index in [1.54, 1.807) is 18.4 Å². The fraction of sp³-hybridized carbons (Fsp3) is 0.222. The first-order valence-corrected chi connectivity index (χ1v) is 3.98. The summed E-state index contributed by atoms with van der Waals surface area (Å²) in [6, 6.07) is 0. The monoisotopic (exact) mass is 176 g/mol. The maximum absolute atomic E-state index is 11.3. The molecule has 0 amide bonds. The Morgan fingerprint density at radius 3 is 2.62 bits per heavy atom. The lowest BCUT2D eigenvalue weighted by atomic mass is 10.3. The Kier molecular flexibility index (Phi) is 2.04. The molecular weight excluding hydrogens is 168 g/mol. The van der Waals surface area contributed by atoms with Gasteiger partial charge in [-0.15, -0.1) is 0 Å². The van der Waals surface area contributed by atoms with E-state index < -0.39 is 0 Å². The molecule has 13 heavy (non-hydrogen) atoms. The van der Waals surface area contributed by atoms with Gasteiger partial charge in [-0.2, -0.15) is 0 Å². The average Bonchev–Trinajstić information content (AvgIpc) is 2.74. The molecule has 4 nitrogen and oxygen atoms in total. The van der Waals surface area contributed by atoms with Gasteiger partial charge in [0.1, 0.15) is 5.76 Å². The second kappa shape index (κ2) is 3.35. The first-order valence-electron chi connectivity index (χ1n) is 3.98. The van der Waals surface area contributed by atoms with E-state index in [1.807, 2.05) is 0 Å². The van der Waals surface area contributed by atoms with Crippen molar-refractivity contribution in [1.82, 2.24) is 0 Å². The van der Waals surface area contributed by atoms with Gasteiger partial charge in [0.2, 0.25) is 0 Å². The SMILES string of the molecule is O=C(OC1=CCN=C1)C1=CCN=C1. The molecule has 0 radical (unpaired) electrons. The van der Waals surface area contributed by atoms with Gasteiger partial charge in [0.25, 0.3) is 0 Å². The van der Waals surface area contributed by atoms with E-state index in [-0.39, 0.29) is 5.97 Å². The summed E-state index contributed by atoms with van der Waals surface area (Å²) in [5.41, 5.74) is 0.515. The topological polar surface area (TPSA) is 51.0 Å². The number of rotatable bonds is 2. The highest BCUT2D eigenvalue weighted by Crippen LogP contribution is 2.07. The molecule has 0 aromatic heterocycles. The van der Waals surface area contributed by atoms with Gasteiger partial charge < -0.3 is 4.74 Å². The molecule has 0 fully saturated rings. The van der Waals surface area contributed by atoms with Gasteiger partial charge in [-0.05, 0) is 12.2 Å². The highest BCUT2D eigenvalue weighted by molar-refractivity contribution is 6.11. The summed E-state index contributed by atoms with van der Waals surface area (Å²) in [5.74, 6) is 0.159. The molecule has 2 aliphatic rings. The van der Waals surface area contributed by atoms with Crippen LogP contribution in [0.25, 0.3) is 0 Å². The smallest absolute Gasteiger partial charge is 0.344 e. The second-order valence-electron chi connectivity index (χ2n) is 2.64. The van der Waals surface area contributed by atoms with Crippen molar-refractivity contribution in [1.29, 1.82) is 0 Å². The zero-order valence-electron chi connectivity index (χ0n) is 6.93. The third-order valence-electron chi connectivity index (χ3n) is 1.71. The fourth-order valence-electron chi connectivity index (χ4n) is 1.06. The van der Waals surface area contributed by atoms with Crippen molar-refractivity contribution < 1.29 is 9.53 Å². The van der Waals surface area contributed by atoms with E-state index in [9.17, 15) is 4.79 Å². The molecule has 4 heteroatoms. The van der Waals surface area contributed by atoms with Crippen LogP contribution in [0.2, 0.25) is 0 Å². The summed E-state index contributed by atoms with van der Waals surface area (Å²) in [6.07, 6.45) is 6.55. The van der Waals surface area contributed by atoms with Gasteiger partial charge in [0.05, 0.1) is 24.9 Å². The van der Waals surface area contributed by atoms with Crippen molar-refractivity contribution in [3.05, 3.63) is 23.5 Å². The molecule has 0 aromatic rings. The number of aliphatic imine (C=N–C) groups is 2. The van der Waals surface area contributed by atoms with Gasteiger partial charge in [0.15, 0.2) is 0 Å². The standard InChI is InChI=1S/C9H8N2O2/c12-9(7-1-3-10-5-7)13-8-2-4-11-6-8/h1-2,5-6H,3-4H2. The number of allylic oxidation sites excluding steroid dienone is 1. The Labute approximate surface area is 75.3 Å². The highest BCUT2D eigenvalue weighted by atomic mass is 16.5. The van der Waals surface area contributed by atoms with E-state index in [1.165, 1.54) is 6.21 Å². The minimum atomic E-state index is -0.360. The van der Waals surface area contributed by atoms with Crippen LogP contribution in [0.3, 0.4) is 0 Å². The van der Waals surface area contributed by atoms with Crippen LogP contribution in [0.1, 0.15) is 0 Å². The molecule has 0 aliphatic carbocycles. The second-order valence-corrected chi connectivity index (χ2v) is 2.64. The van der Waals surface area contributed by atoms with Gasteiger partial charge in [-0.25, -0.2) is 4.79 Å². The third kappa shape index (κ3) is 1.72. The number of ether oxygens (including phenoxy) is 1. The van der Waals surface area contributed by atoms with Gasteiger partial charge in [-0.1, -0.05) is 0 Å². The Hall–Kier alpha value is -1.71. The number of carbonyl (C=O) groups excluding carboxylic acids is 1. The Morgan fingerprint density at radius 1 is 1.23 bits per heavy atom. The van der Waals surface area contributed by atoms with Crippen molar-refractivity contribution in [3.63, 3.8) is 0 Å². The Bertz CT molecular complexity index is 351. The molecule has 66 valence electrons. The van der Waals surface area contributed by atoms with Crippen molar-refractivity contribution in [2.24, 2.45) is 9.98 Å². The van der Waals surface area contributed by atoms with Crippen LogP contribution in [0.5, 0.6) is 0 Å². The molecule has 0 saturated heterocycles. The van der Waals surface area contributed by atoms with Crippen molar-refractivity contribution in [2.75, 3.05) is 13.1 Å². The van der Waals surface area contributed by atoms with E-state index in [0.29, 0.717) is 24.4 Å². The summed E-state index contributed by atoms with van der Waals surface area (Å²) in [4.78, 5) is 19.1. The normalized spacial score (nSPS) is 18.8. The lowest BCUT2D eigenvalue weighted by Gasteiger charge is -1.99. The summed E-state index contributed by atoms with van der Waals surface area (Å²) in [5, 5.41) is 0. The zero-order chi connectivity index (χ0) is 9.10. The molecule has 0 bridgehead atoms. The summed E-state index contributed by atoms with van der Waals surface area (Å²) in [6.45, 7) is 1.16. The lowest BCUT2D eigenvalue weighted by Crippen LogP contribution is -2.07. The predicted molar refractivity (Wildman–Crippen MR) is 49.0 cm³/mol.